The van der Waals surface area contributed by atoms with E-state index < -0.39 is 35.3 Å². The van der Waals surface area contributed by atoms with E-state index in [1.807, 2.05) is 72.8 Å². The smallest absolute Gasteiger partial charge is 0.358 e. The van der Waals surface area contributed by atoms with Gasteiger partial charge in [-0.1, -0.05) is 72.8 Å². The lowest BCUT2D eigenvalue weighted by atomic mass is 9.89. The maximum absolute atomic E-state index is 15.4. The average Bonchev–Trinajstić information content (AvgIpc) is 3.33. The van der Waals surface area contributed by atoms with Crippen molar-refractivity contribution in [3.8, 4) is 33.8 Å². The van der Waals surface area contributed by atoms with Crippen LogP contribution in [-0.4, -0.2) is 82.4 Å². The lowest BCUT2D eigenvalue weighted by Gasteiger charge is -2.44. The minimum Gasteiger partial charge on any atom is -0.496 e. The highest BCUT2D eigenvalue weighted by Gasteiger charge is 2.87. The molecule has 8 rings (SSSR count). The summed E-state index contributed by atoms with van der Waals surface area (Å²) in [6, 6.07) is 25.7. The molecule has 4 aliphatic heterocycles. The van der Waals surface area contributed by atoms with E-state index in [-0.39, 0.29) is 39.4 Å². The predicted octanol–water partition coefficient (Wildman–Crippen LogP) is 5.76. The van der Waals surface area contributed by atoms with Gasteiger partial charge in [-0.25, -0.2) is 19.2 Å². The van der Waals surface area contributed by atoms with Crippen LogP contribution in [0, 0.1) is 0 Å². The lowest BCUT2D eigenvalue weighted by molar-refractivity contribution is -0.191. The van der Waals surface area contributed by atoms with E-state index in [0.717, 1.165) is 33.4 Å². The fourth-order valence-electron chi connectivity index (χ4n) is 8.65. The van der Waals surface area contributed by atoms with Crippen LogP contribution >= 0.6 is 0 Å². The normalized spacial score (nSPS) is 21.2. The molecule has 4 aromatic rings. The fourth-order valence-corrected chi connectivity index (χ4v) is 8.65. The second kappa shape index (κ2) is 12.3. The molecule has 4 aliphatic rings. The van der Waals surface area contributed by atoms with Crippen LogP contribution < -0.4 is 9.47 Å². The number of hydrogen-bond acceptors (Lipinski definition) is 8. The molecule has 2 saturated heterocycles. The van der Waals surface area contributed by atoms with E-state index in [2.05, 4.69) is 0 Å². The Kier molecular flexibility index (Phi) is 7.85. The van der Waals surface area contributed by atoms with Gasteiger partial charge in [0.05, 0.1) is 53.6 Å². The quantitative estimate of drug-likeness (QED) is 0.213. The minimum atomic E-state index is -2.29. The molecule has 12 nitrogen and oxygen atoms in total. The van der Waals surface area contributed by atoms with Crippen molar-refractivity contribution in [3.05, 3.63) is 107 Å². The largest absolute Gasteiger partial charge is 0.496 e. The van der Waals surface area contributed by atoms with Gasteiger partial charge < -0.3 is 18.9 Å². The molecule has 4 heterocycles. The van der Waals surface area contributed by atoms with Gasteiger partial charge in [0.1, 0.15) is 11.5 Å². The topological polar surface area (TPSA) is 118 Å². The number of ether oxygens (including phenoxy) is 4. The van der Waals surface area contributed by atoms with Crippen LogP contribution in [0.5, 0.6) is 11.5 Å². The zero-order chi connectivity index (χ0) is 36.4. The first-order valence-corrected chi connectivity index (χ1v) is 17.3. The molecule has 0 saturated carbocycles. The number of hydrogen-bond donors (Lipinski definition) is 0. The summed E-state index contributed by atoms with van der Waals surface area (Å²) in [4.78, 5) is 66.0. The molecule has 0 unspecified atom stereocenters. The number of fused-ring (bicyclic) bond motifs is 2. The highest BCUT2D eigenvalue weighted by atomic mass is 16.6. The Morgan fingerprint density at radius 2 is 0.885 bits per heavy atom. The Hall–Kier alpha value is -6.04. The monoisotopic (exact) mass is 702 g/mol. The van der Waals surface area contributed by atoms with Crippen molar-refractivity contribution in [2.45, 2.75) is 51.4 Å². The zero-order valence-corrected chi connectivity index (χ0v) is 29.4. The van der Waals surface area contributed by atoms with Gasteiger partial charge in [-0.15, -0.1) is 0 Å². The first-order chi connectivity index (χ1) is 25.3. The van der Waals surface area contributed by atoms with Gasteiger partial charge >= 0.3 is 24.0 Å². The molecule has 0 N–H and O–H groups in total. The maximum Gasteiger partial charge on any atom is 0.358 e. The minimum absolute atomic E-state index is 0.0666. The predicted molar refractivity (Wildman–Crippen MR) is 189 cm³/mol. The molecule has 52 heavy (non-hydrogen) atoms. The number of carbonyl (C=O) groups is 4. The van der Waals surface area contributed by atoms with E-state index in [1.54, 1.807) is 26.0 Å². The number of nitrogens with zero attached hydrogens (tertiary/aromatic N) is 4. The van der Waals surface area contributed by atoms with Crippen molar-refractivity contribution < 1.29 is 38.1 Å². The Labute approximate surface area is 301 Å². The summed E-state index contributed by atoms with van der Waals surface area (Å²) >= 11 is 0. The van der Waals surface area contributed by atoms with E-state index in [4.69, 9.17) is 18.9 Å². The van der Waals surface area contributed by atoms with Crippen LogP contribution in [-0.2, 0) is 45.2 Å². The molecule has 12 heteroatoms. The molecule has 0 radical (unpaired) electrons. The van der Waals surface area contributed by atoms with Crippen molar-refractivity contribution in [1.82, 2.24) is 19.6 Å². The third-order valence-corrected chi connectivity index (χ3v) is 10.7. The molecular weight excluding hydrogens is 664 g/mol. The number of carbonyl (C=O) groups excluding carboxylic acids is 4. The summed E-state index contributed by atoms with van der Waals surface area (Å²) in [7, 11) is 3.02. The number of amides is 4. The third kappa shape index (κ3) is 4.20. The summed E-state index contributed by atoms with van der Waals surface area (Å²) in [5.41, 5.74) is 1.45. The number of urea groups is 2. The molecule has 0 bridgehead atoms. The van der Waals surface area contributed by atoms with E-state index in [0.29, 0.717) is 22.6 Å². The molecule has 266 valence electrons. The molecule has 0 spiro atoms. The highest BCUT2D eigenvalue weighted by Crippen LogP contribution is 2.59. The van der Waals surface area contributed by atoms with Gasteiger partial charge in [-0.2, -0.15) is 0 Å². The van der Waals surface area contributed by atoms with Crippen molar-refractivity contribution in [3.63, 3.8) is 0 Å². The van der Waals surface area contributed by atoms with Crippen LogP contribution in [0.15, 0.2) is 84.9 Å². The standard InChI is InChI=1S/C40H38N4O8/c1-5-51-35(45)39-40(36(46)52-6-2)43-23-31-32(34(50-4)20-19-33(31)49-3)24-44(40)38(48)42(39)22-30-28(26-15-11-8-12-16-26)18-17-27(25-13-9-7-10-14-25)29(30)21-41(39)37(43)47/h7-20H,5-6,21-24H2,1-4H3. The molecular formula is C40H38N4O8. The van der Waals surface area contributed by atoms with E-state index >= 15 is 14.4 Å². The summed E-state index contributed by atoms with van der Waals surface area (Å²) in [5.74, 6) is -0.956. The second-order valence-corrected chi connectivity index (χ2v) is 13.0. The SMILES string of the molecule is CCOC(=O)C12N3Cc4c(OC)ccc(OC)c4CN1C(=O)N1Cc4c(-c5ccccc5)ccc(-c5ccccc5)c4CN(C3=O)C12C(=O)OCC. The fraction of sp³-hybridized carbons (Fsp3) is 0.300. The Morgan fingerprint density at radius 3 is 1.21 bits per heavy atom. The summed E-state index contributed by atoms with van der Waals surface area (Å²) in [6.45, 7) is 2.55. The average molecular weight is 703 g/mol. The molecule has 4 aromatic carbocycles. The van der Waals surface area contributed by atoms with Gasteiger partial charge in [0.25, 0.3) is 11.3 Å². The van der Waals surface area contributed by atoms with Crippen molar-refractivity contribution >= 4 is 24.0 Å². The Morgan fingerprint density at radius 1 is 0.538 bits per heavy atom. The third-order valence-electron chi connectivity index (χ3n) is 10.7. The number of benzene rings is 4. The lowest BCUT2D eigenvalue weighted by Crippen LogP contribution is -2.75. The van der Waals surface area contributed by atoms with Gasteiger partial charge in [0, 0.05) is 11.1 Å². The van der Waals surface area contributed by atoms with Crippen molar-refractivity contribution in [2.24, 2.45) is 0 Å². The summed E-state index contributed by atoms with van der Waals surface area (Å²) in [6.07, 6.45) is 0. The highest BCUT2D eigenvalue weighted by molar-refractivity contribution is 6.10. The molecule has 0 aliphatic carbocycles. The van der Waals surface area contributed by atoms with Crippen LogP contribution in [0.25, 0.3) is 22.3 Å². The van der Waals surface area contributed by atoms with Gasteiger partial charge in [0.15, 0.2) is 0 Å². The van der Waals surface area contributed by atoms with Crippen molar-refractivity contribution in [1.29, 1.82) is 0 Å². The zero-order valence-electron chi connectivity index (χ0n) is 29.4. The van der Waals surface area contributed by atoms with Gasteiger partial charge in [0.2, 0.25) is 0 Å². The summed E-state index contributed by atoms with van der Waals surface area (Å²) < 4.78 is 23.1. The van der Waals surface area contributed by atoms with Crippen LogP contribution in [0.3, 0.4) is 0 Å². The molecule has 0 atom stereocenters. The first-order valence-electron chi connectivity index (χ1n) is 17.3. The Bertz CT molecular complexity index is 2000. The van der Waals surface area contributed by atoms with Crippen LogP contribution in [0.2, 0.25) is 0 Å². The van der Waals surface area contributed by atoms with Gasteiger partial charge in [-0.05, 0) is 59.4 Å². The molecule has 2 fully saturated rings. The van der Waals surface area contributed by atoms with Crippen molar-refractivity contribution in [2.75, 3.05) is 27.4 Å². The molecule has 4 amide bonds. The van der Waals surface area contributed by atoms with Crippen LogP contribution in [0.4, 0.5) is 9.59 Å². The van der Waals surface area contributed by atoms with Gasteiger partial charge in [-0.3, -0.25) is 19.6 Å². The number of esters is 2. The number of rotatable bonds is 8. The molecule has 0 aromatic heterocycles. The Balaban J connectivity index is 1.46. The maximum atomic E-state index is 15.4. The second-order valence-electron chi connectivity index (χ2n) is 13.0. The van der Waals surface area contributed by atoms with E-state index in [9.17, 15) is 4.79 Å². The van der Waals surface area contributed by atoms with E-state index in [1.165, 1.54) is 33.8 Å². The summed E-state index contributed by atoms with van der Waals surface area (Å²) in [5, 5.41) is 0. The first kappa shape index (κ1) is 33.1. The van der Waals surface area contributed by atoms with Crippen LogP contribution in [0.1, 0.15) is 36.1 Å². The number of methoxy groups -OCH3 is 2.